The summed E-state index contributed by atoms with van der Waals surface area (Å²) in [4.78, 5) is -0.128. The average molecular weight is 476 g/mol. The van der Waals surface area contributed by atoms with Crippen molar-refractivity contribution in [2.45, 2.75) is 29.7 Å². The fourth-order valence-corrected chi connectivity index (χ4v) is 6.06. The van der Waals surface area contributed by atoms with Gasteiger partial charge in [0.2, 0.25) is 10.0 Å². The van der Waals surface area contributed by atoms with E-state index in [9.17, 15) is 16.8 Å². The van der Waals surface area contributed by atoms with Crippen LogP contribution >= 0.6 is 15.9 Å². The molecule has 0 aliphatic heterocycles. The molecular formula is C18H22BrNO5S2. The molecule has 1 unspecified atom stereocenters. The zero-order chi connectivity index (χ0) is 20.4. The third kappa shape index (κ3) is 4.71. The van der Waals surface area contributed by atoms with Crippen molar-refractivity contribution < 1.29 is 21.6 Å². The molecule has 0 bridgehead atoms. The molecule has 148 valence electrons. The highest BCUT2D eigenvalue weighted by molar-refractivity contribution is 9.10. The molecule has 0 N–H and O–H groups in total. The average Bonchev–Trinajstić information content (AvgIpc) is 2.61. The lowest BCUT2D eigenvalue weighted by atomic mass is 10.1. The Balaban J connectivity index is 2.55. The first kappa shape index (κ1) is 21.9. The zero-order valence-electron chi connectivity index (χ0n) is 15.5. The highest BCUT2D eigenvalue weighted by atomic mass is 79.9. The first-order valence-electron chi connectivity index (χ1n) is 8.17. The molecular weight excluding hydrogens is 454 g/mol. The summed E-state index contributed by atoms with van der Waals surface area (Å²) in [5.74, 6) is 0.632. The molecule has 0 aromatic heterocycles. The van der Waals surface area contributed by atoms with E-state index in [4.69, 9.17) is 4.74 Å². The minimum Gasteiger partial charge on any atom is -0.497 e. The topological polar surface area (TPSA) is 80.8 Å². The standard InChI is InChI=1S/C18H22BrNO5S2/c1-5-20(13(2)14-7-6-8-15(11-14)25-3)27(23,24)18-12-16(26(4,21)22)9-10-17(18)19/h6-13H,5H2,1-4H3. The Hall–Kier alpha value is -1.42. The van der Waals surface area contributed by atoms with Gasteiger partial charge in [-0.3, -0.25) is 0 Å². The first-order valence-corrected chi connectivity index (χ1v) is 12.3. The highest BCUT2D eigenvalue weighted by Gasteiger charge is 2.31. The molecule has 2 aromatic rings. The second-order valence-corrected chi connectivity index (χ2v) is 10.8. The summed E-state index contributed by atoms with van der Waals surface area (Å²) in [6.07, 6.45) is 1.04. The minimum atomic E-state index is -3.95. The van der Waals surface area contributed by atoms with Gasteiger partial charge in [0.05, 0.1) is 16.9 Å². The molecule has 0 spiro atoms. The molecule has 2 aromatic carbocycles. The molecule has 0 aliphatic rings. The summed E-state index contributed by atoms with van der Waals surface area (Å²) < 4.78 is 57.2. The van der Waals surface area contributed by atoms with E-state index in [1.807, 2.05) is 6.07 Å². The number of nitrogens with zero attached hydrogens (tertiary/aromatic N) is 1. The van der Waals surface area contributed by atoms with E-state index < -0.39 is 25.9 Å². The highest BCUT2D eigenvalue weighted by Crippen LogP contribution is 2.33. The van der Waals surface area contributed by atoms with E-state index in [0.717, 1.165) is 11.8 Å². The van der Waals surface area contributed by atoms with Crippen molar-refractivity contribution in [3.05, 3.63) is 52.5 Å². The predicted molar refractivity (Wildman–Crippen MR) is 108 cm³/mol. The van der Waals surface area contributed by atoms with Crippen LogP contribution in [0, 0.1) is 0 Å². The van der Waals surface area contributed by atoms with Crippen molar-refractivity contribution in [3.63, 3.8) is 0 Å². The van der Waals surface area contributed by atoms with Crippen molar-refractivity contribution >= 4 is 35.8 Å². The molecule has 0 saturated carbocycles. The molecule has 0 fully saturated rings. The van der Waals surface area contributed by atoms with Crippen LogP contribution in [0.3, 0.4) is 0 Å². The monoisotopic (exact) mass is 475 g/mol. The van der Waals surface area contributed by atoms with E-state index in [2.05, 4.69) is 15.9 Å². The van der Waals surface area contributed by atoms with Gasteiger partial charge in [-0.2, -0.15) is 4.31 Å². The first-order chi connectivity index (χ1) is 12.5. The van der Waals surface area contributed by atoms with Crippen molar-refractivity contribution in [2.75, 3.05) is 19.9 Å². The Morgan fingerprint density at radius 1 is 1.11 bits per heavy atom. The number of methoxy groups -OCH3 is 1. The normalized spacial score (nSPS) is 13.6. The van der Waals surface area contributed by atoms with Crippen LogP contribution in [0.15, 0.2) is 56.7 Å². The van der Waals surface area contributed by atoms with E-state index in [1.54, 1.807) is 39.2 Å². The van der Waals surface area contributed by atoms with Gasteiger partial charge in [0.1, 0.15) is 5.75 Å². The van der Waals surface area contributed by atoms with Gasteiger partial charge in [0.25, 0.3) is 0 Å². The Bertz CT molecular complexity index is 1040. The maximum Gasteiger partial charge on any atom is 0.244 e. The molecule has 27 heavy (non-hydrogen) atoms. The molecule has 2 rings (SSSR count). The summed E-state index contributed by atoms with van der Waals surface area (Å²) in [5, 5.41) is 0. The molecule has 1 atom stereocenters. The van der Waals surface area contributed by atoms with Gasteiger partial charge in [-0.05, 0) is 58.7 Å². The molecule has 9 heteroatoms. The predicted octanol–water partition coefficient (Wildman–Crippen LogP) is 3.63. The lowest BCUT2D eigenvalue weighted by Gasteiger charge is -2.28. The van der Waals surface area contributed by atoms with Gasteiger partial charge < -0.3 is 4.74 Å². The van der Waals surface area contributed by atoms with Crippen molar-refractivity contribution in [3.8, 4) is 5.75 Å². The van der Waals surface area contributed by atoms with Crippen LogP contribution in [-0.4, -0.2) is 41.1 Å². The lowest BCUT2D eigenvalue weighted by Crippen LogP contribution is -2.33. The molecule has 0 aliphatic carbocycles. The van der Waals surface area contributed by atoms with Gasteiger partial charge >= 0.3 is 0 Å². The number of hydrogen-bond acceptors (Lipinski definition) is 5. The van der Waals surface area contributed by atoms with E-state index >= 15 is 0 Å². The second-order valence-electron chi connectivity index (χ2n) is 6.03. The quantitative estimate of drug-likeness (QED) is 0.610. The van der Waals surface area contributed by atoms with E-state index in [0.29, 0.717) is 10.2 Å². The summed E-state index contributed by atoms with van der Waals surface area (Å²) in [6, 6.07) is 10.7. The van der Waals surface area contributed by atoms with Crippen LogP contribution in [0.5, 0.6) is 5.75 Å². The number of benzene rings is 2. The summed E-state index contributed by atoms with van der Waals surface area (Å²) in [6.45, 7) is 3.74. The number of halogens is 1. The van der Waals surface area contributed by atoms with Gasteiger partial charge in [0, 0.05) is 23.3 Å². The Labute approximate surface area is 169 Å². The van der Waals surface area contributed by atoms with Crippen molar-refractivity contribution in [1.29, 1.82) is 0 Å². The van der Waals surface area contributed by atoms with Crippen molar-refractivity contribution in [2.24, 2.45) is 0 Å². The second kappa shape index (κ2) is 8.30. The van der Waals surface area contributed by atoms with Gasteiger partial charge in [-0.25, -0.2) is 16.8 Å². The fraction of sp³-hybridized carbons (Fsp3) is 0.333. The molecule has 6 nitrogen and oxygen atoms in total. The number of ether oxygens (including phenoxy) is 1. The molecule has 0 heterocycles. The van der Waals surface area contributed by atoms with Crippen LogP contribution < -0.4 is 4.74 Å². The number of hydrogen-bond donors (Lipinski definition) is 0. The van der Waals surface area contributed by atoms with Gasteiger partial charge in [-0.1, -0.05) is 19.1 Å². The lowest BCUT2D eigenvalue weighted by molar-refractivity contribution is 0.354. The van der Waals surface area contributed by atoms with Gasteiger partial charge in [0.15, 0.2) is 9.84 Å². The van der Waals surface area contributed by atoms with Crippen LogP contribution in [0.1, 0.15) is 25.5 Å². The maximum absolute atomic E-state index is 13.3. The van der Waals surface area contributed by atoms with Crippen LogP contribution in [-0.2, 0) is 19.9 Å². The van der Waals surface area contributed by atoms with Crippen LogP contribution in [0.25, 0.3) is 0 Å². The van der Waals surface area contributed by atoms with E-state index in [-0.39, 0.29) is 16.3 Å². The molecule has 0 saturated heterocycles. The summed E-state index contributed by atoms with van der Waals surface area (Å²) in [7, 11) is -5.94. The summed E-state index contributed by atoms with van der Waals surface area (Å²) in [5.41, 5.74) is 0.773. The van der Waals surface area contributed by atoms with E-state index in [1.165, 1.54) is 22.5 Å². The van der Waals surface area contributed by atoms with Gasteiger partial charge in [-0.15, -0.1) is 0 Å². The number of sulfonamides is 1. The Morgan fingerprint density at radius 3 is 2.33 bits per heavy atom. The van der Waals surface area contributed by atoms with Crippen LogP contribution in [0.4, 0.5) is 0 Å². The number of rotatable bonds is 7. The SMILES string of the molecule is CCN(C(C)c1cccc(OC)c1)S(=O)(=O)c1cc(S(C)(=O)=O)ccc1Br. The largest absolute Gasteiger partial charge is 0.497 e. The molecule has 0 radical (unpaired) electrons. The Kier molecular flexibility index (Phi) is 6.72. The maximum atomic E-state index is 13.3. The molecule has 0 amide bonds. The fourth-order valence-electron chi connectivity index (χ4n) is 2.76. The van der Waals surface area contributed by atoms with Crippen molar-refractivity contribution in [1.82, 2.24) is 4.31 Å². The summed E-state index contributed by atoms with van der Waals surface area (Å²) >= 11 is 3.24. The minimum absolute atomic E-state index is 0.0469. The van der Waals surface area contributed by atoms with Crippen LogP contribution in [0.2, 0.25) is 0 Å². The third-order valence-corrected chi connectivity index (χ3v) is 8.39. The third-order valence-electron chi connectivity index (χ3n) is 4.24. The number of sulfone groups is 1. The zero-order valence-corrected chi connectivity index (χ0v) is 18.7. The Morgan fingerprint density at radius 2 is 1.78 bits per heavy atom. The smallest absolute Gasteiger partial charge is 0.244 e.